The van der Waals surface area contributed by atoms with E-state index >= 15 is 0 Å². The summed E-state index contributed by atoms with van der Waals surface area (Å²) in [5.41, 5.74) is 1.89. The summed E-state index contributed by atoms with van der Waals surface area (Å²) in [5.74, 6) is -0.305. The molecule has 0 aliphatic rings. The average molecular weight is 370 g/mol. The topological polar surface area (TPSA) is 107 Å². The first-order valence-electron chi connectivity index (χ1n) is 7.88. The number of rotatable bonds is 5. The van der Waals surface area contributed by atoms with E-state index in [0.29, 0.717) is 11.1 Å². The third-order valence-electron chi connectivity index (χ3n) is 3.90. The molecule has 8 heteroatoms. The van der Waals surface area contributed by atoms with Crippen LogP contribution in [0.15, 0.2) is 71.9 Å². The van der Waals surface area contributed by atoms with E-state index in [1.807, 2.05) is 30.3 Å². The van der Waals surface area contributed by atoms with Gasteiger partial charge in [0, 0.05) is 6.20 Å². The molecular formula is C18H18N4O3S. The maximum atomic E-state index is 12.4. The van der Waals surface area contributed by atoms with Gasteiger partial charge in [-0.15, -0.1) is 0 Å². The molecular weight excluding hydrogens is 352 g/mol. The summed E-state index contributed by atoms with van der Waals surface area (Å²) in [6.45, 7) is 1.77. The van der Waals surface area contributed by atoms with Crippen LogP contribution in [0.4, 0.5) is 0 Å². The van der Waals surface area contributed by atoms with Crippen molar-refractivity contribution in [3.63, 3.8) is 0 Å². The highest BCUT2D eigenvalue weighted by atomic mass is 32.2. The molecule has 0 saturated carbocycles. The summed E-state index contributed by atoms with van der Waals surface area (Å²) < 4.78 is 24.5. The summed E-state index contributed by atoms with van der Waals surface area (Å²) in [5, 5.41) is 12.2. The number of para-hydroxylation sites is 1. The number of carbonyl (C=O) groups is 1. The van der Waals surface area contributed by atoms with Gasteiger partial charge in [0.05, 0.1) is 28.4 Å². The molecule has 1 aromatic heterocycles. The molecule has 26 heavy (non-hydrogen) atoms. The third kappa shape index (κ3) is 3.98. The van der Waals surface area contributed by atoms with Gasteiger partial charge in [-0.25, -0.2) is 18.2 Å². The van der Waals surface area contributed by atoms with Crippen LogP contribution in [0.3, 0.4) is 0 Å². The second-order valence-corrected chi connectivity index (χ2v) is 7.38. The molecule has 1 atom stereocenters. The Hall–Kier alpha value is -2.97. The first kappa shape index (κ1) is 17.8. The van der Waals surface area contributed by atoms with Crippen LogP contribution >= 0.6 is 0 Å². The van der Waals surface area contributed by atoms with Gasteiger partial charge in [-0.1, -0.05) is 30.3 Å². The molecule has 1 amide bonds. The summed E-state index contributed by atoms with van der Waals surface area (Å²) in [7, 11) is -3.79. The van der Waals surface area contributed by atoms with E-state index in [2.05, 4.69) is 10.4 Å². The molecule has 3 N–H and O–H groups in total. The smallest absolute Gasteiger partial charge is 0.254 e. The van der Waals surface area contributed by atoms with E-state index < -0.39 is 16.1 Å². The fraction of sp³-hybridized carbons (Fsp3) is 0.111. The number of hydrogen-bond acceptors (Lipinski definition) is 4. The van der Waals surface area contributed by atoms with Crippen molar-refractivity contribution >= 4 is 15.9 Å². The fourth-order valence-electron chi connectivity index (χ4n) is 2.49. The molecule has 1 unspecified atom stereocenters. The number of hydrogen-bond donors (Lipinski definition) is 2. The van der Waals surface area contributed by atoms with Crippen molar-refractivity contribution in [3.05, 3.63) is 78.1 Å². The predicted octanol–water partition coefficient (Wildman–Crippen LogP) is 2.01. The van der Waals surface area contributed by atoms with E-state index in [9.17, 15) is 13.2 Å². The number of aromatic nitrogens is 2. The summed E-state index contributed by atoms with van der Waals surface area (Å²) in [6.07, 6.45) is 3.12. The van der Waals surface area contributed by atoms with Crippen LogP contribution in [0, 0.1) is 0 Å². The number of nitrogens with one attached hydrogen (secondary N) is 1. The van der Waals surface area contributed by atoms with Crippen molar-refractivity contribution in [1.82, 2.24) is 15.1 Å². The summed E-state index contributed by atoms with van der Waals surface area (Å²) >= 11 is 0. The average Bonchev–Trinajstić information content (AvgIpc) is 3.12. The highest BCUT2D eigenvalue weighted by Gasteiger charge is 2.16. The molecule has 0 spiro atoms. The van der Waals surface area contributed by atoms with Gasteiger partial charge in [0.25, 0.3) is 5.91 Å². The second kappa shape index (κ2) is 7.11. The Bertz CT molecular complexity index is 1030. The largest absolute Gasteiger partial charge is 0.345 e. The number of nitrogens with two attached hydrogens (primary N) is 1. The van der Waals surface area contributed by atoms with Crippen molar-refractivity contribution in [3.8, 4) is 5.69 Å². The molecule has 0 fully saturated rings. The second-order valence-electron chi connectivity index (χ2n) is 5.82. The predicted molar refractivity (Wildman–Crippen MR) is 97.3 cm³/mol. The minimum absolute atomic E-state index is 0.00740. The molecule has 7 nitrogen and oxygen atoms in total. The van der Waals surface area contributed by atoms with Gasteiger partial charge in [0.15, 0.2) is 0 Å². The first-order valence-corrected chi connectivity index (χ1v) is 9.43. The normalized spacial score (nSPS) is 12.5. The third-order valence-corrected chi connectivity index (χ3v) is 4.81. The van der Waals surface area contributed by atoms with Crippen LogP contribution in [-0.2, 0) is 10.0 Å². The van der Waals surface area contributed by atoms with E-state index in [0.717, 1.165) is 5.69 Å². The minimum atomic E-state index is -3.79. The van der Waals surface area contributed by atoms with Crippen molar-refractivity contribution in [2.75, 3.05) is 0 Å². The Morgan fingerprint density at radius 1 is 1.15 bits per heavy atom. The Kier molecular flexibility index (Phi) is 4.88. The fourth-order valence-corrected chi connectivity index (χ4v) is 3.05. The van der Waals surface area contributed by atoms with Crippen molar-refractivity contribution in [1.29, 1.82) is 0 Å². The quantitative estimate of drug-likeness (QED) is 0.716. The SMILES string of the molecule is CC(NC(=O)c1cnn(-c2ccccc2)c1)c1cccc(S(N)(=O)=O)c1. The molecule has 2 aromatic carbocycles. The van der Waals surface area contributed by atoms with Gasteiger partial charge in [-0.2, -0.15) is 5.10 Å². The maximum Gasteiger partial charge on any atom is 0.254 e. The van der Waals surface area contributed by atoms with Crippen molar-refractivity contribution in [2.45, 2.75) is 17.9 Å². The van der Waals surface area contributed by atoms with E-state index in [-0.39, 0.29) is 10.8 Å². The standard InChI is InChI=1S/C18H18N4O3S/c1-13(14-6-5-9-17(10-14)26(19,24)25)21-18(23)15-11-20-22(12-15)16-7-3-2-4-8-16/h2-13H,1H3,(H,21,23)(H2,19,24,25). The molecule has 3 aromatic rings. The zero-order valence-electron chi connectivity index (χ0n) is 14.0. The lowest BCUT2D eigenvalue weighted by Gasteiger charge is -2.14. The van der Waals surface area contributed by atoms with Gasteiger partial charge in [0.1, 0.15) is 0 Å². The summed E-state index contributed by atoms with van der Waals surface area (Å²) in [4.78, 5) is 12.5. The Labute approximate surface area is 151 Å². The number of carbonyl (C=O) groups excluding carboxylic acids is 1. The lowest BCUT2D eigenvalue weighted by molar-refractivity contribution is 0.0940. The molecule has 0 radical (unpaired) electrons. The van der Waals surface area contributed by atoms with E-state index in [1.165, 1.54) is 18.3 Å². The van der Waals surface area contributed by atoms with E-state index in [4.69, 9.17) is 5.14 Å². The van der Waals surface area contributed by atoms with Crippen LogP contribution < -0.4 is 10.5 Å². The Balaban J connectivity index is 1.75. The Morgan fingerprint density at radius 2 is 1.88 bits per heavy atom. The Morgan fingerprint density at radius 3 is 2.58 bits per heavy atom. The van der Waals surface area contributed by atoms with Crippen LogP contribution in [0.25, 0.3) is 5.69 Å². The van der Waals surface area contributed by atoms with Crippen LogP contribution in [0.1, 0.15) is 28.9 Å². The molecule has 0 aliphatic carbocycles. The van der Waals surface area contributed by atoms with Crippen LogP contribution in [-0.4, -0.2) is 24.1 Å². The maximum absolute atomic E-state index is 12.4. The van der Waals surface area contributed by atoms with E-state index in [1.54, 1.807) is 29.9 Å². The van der Waals surface area contributed by atoms with Gasteiger partial charge < -0.3 is 5.32 Å². The number of benzene rings is 2. The molecule has 3 rings (SSSR count). The molecule has 0 saturated heterocycles. The van der Waals surface area contributed by atoms with Gasteiger partial charge in [-0.3, -0.25) is 4.79 Å². The minimum Gasteiger partial charge on any atom is -0.345 e. The van der Waals surface area contributed by atoms with Gasteiger partial charge in [0.2, 0.25) is 10.0 Å². The zero-order chi connectivity index (χ0) is 18.7. The zero-order valence-corrected chi connectivity index (χ0v) is 14.8. The lowest BCUT2D eigenvalue weighted by atomic mass is 10.1. The number of nitrogens with zero attached hydrogens (tertiary/aromatic N) is 2. The van der Waals surface area contributed by atoms with Crippen LogP contribution in [0.2, 0.25) is 0 Å². The van der Waals surface area contributed by atoms with Crippen molar-refractivity contribution in [2.24, 2.45) is 5.14 Å². The molecule has 0 bridgehead atoms. The number of sulfonamides is 1. The first-order chi connectivity index (χ1) is 12.3. The summed E-state index contributed by atoms with van der Waals surface area (Å²) in [6, 6.07) is 15.2. The van der Waals surface area contributed by atoms with Crippen molar-refractivity contribution < 1.29 is 13.2 Å². The van der Waals surface area contributed by atoms with Crippen LogP contribution in [0.5, 0.6) is 0 Å². The highest BCUT2D eigenvalue weighted by Crippen LogP contribution is 2.17. The van der Waals surface area contributed by atoms with Gasteiger partial charge in [-0.05, 0) is 36.8 Å². The highest BCUT2D eigenvalue weighted by molar-refractivity contribution is 7.89. The monoisotopic (exact) mass is 370 g/mol. The molecule has 0 aliphatic heterocycles. The molecule has 1 heterocycles. The molecule has 134 valence electrons. The number of amides is 1. The number of primary sulfonamides is 1. The lowest BCUT2D eigenvalue weighted by Crippen LogP contribution is -2.26. The van der Waals surface area contributed by atoms with Gasteiger partial charge >= 0.3 is 0 Å².